The lowest BCUT2D eigenvalue weighted by atomic mass is 10.3. The molecular weight excluding hydrogens is 292 g/mol. The van der Waals surface area contributed by atoms with Gasteiger partial charge in [-0.25, -0.2) is 4.98 Å². The van der Waals surface area contributed by atoms with Gasteiger partial charge in [0.1, 0.15) is 5.82 Å². The molecule has 2 aromatic rings. The Bertz CT molecular complexity index is 478. The number of imidazole rings is 1. The molecule has 0 aliphatic heterocycles. The van der Waals surface area contributed by atoms with Crippen molar-refractivity contribution in [1.29, 1.82) is 0 Å². The van der Waals surface area contributed by atoms with Crippen LogP contribution in [-0.2, 0) is 13.1 Å². The number of hydrogen-bond donors (Lipinski definition) is 1. The van der Waals surface area contributed by atoms with Gasteiger partial charge in [-0.1, -0.05) is 6.92 Å². The lowest BCUT2D eigenvalue weighted by Crippen LogP contribution is -2.18. The monoisotopic (exact) mass is 308 g/mol. The number of nitrogens with one attached hydrogen (secondary N) is 1. The normalized spacial score (nSPS) is 10.8. The summed E-state index contributed by atoms with van der Waals surface area (Å²) >= 11 is 3.39. The van der Waals surface area contributed by atoms with Crippen molar-refractivity contribution < 1.29 is 0 Å². The number of aromatic nitrogens is 3. The van der Waals surface area contributed by atoms with Gasteiger partial charge in [-0.15, -0.1) is 0 Å². The SMILES string of the molecule is CCCNCc1nccn1Cc1ccc(Br)cn1. The first-order valence-electron chi connectivity index (χ1n) is 6.10. The lowest BCUT2D eigenvalue weighted by molar-refractivity contribution is 0.612. The third-order valence-corrected chi connectivity index (χ3v) is 3.10. The molecule has 0 aromatic carbocycles. The largest absolute Gasteiger partial charge is 0.328 e. The van der Waals surface area contributed by atoms with Crippen molar-refractivity contribution in [3.05, 3.63) is 46.7 Å². The van der Waals surface area contributed by atoms with Gasteiger partial charge >= 0.3 is 0 Å². The Balaban J connectivity index is 2.00. The summed E-state index contributed by atoms with van der Waals surface area (Å²) in [7, 11) is 0. The second kappa shape index (κ2) is 6.66. The highest BCUT2D eigenvalue weighted by Crippen LogP contribution is 2.09. The van der Waals surface area contributed by atoms with Crippen LogP contribution < -0.4 is 5.32 Å². The quantitative estimate of drug-likeness (QED) is 0.834. The van der Waals surface area contributed by atoms with E-state index >= 15 is 0 Å². The van der Waals surface area contributed by atoms with Crippen LogP contribution >= 0.6 is 15.9 Å². The van der Waals surface area contributed by atoms with Crippen molar-refractivity contribution in [2.24, 2.45) is 0 Å². The highest BCUT2D eigenvalue weighted by atomic mass is 79.9. The molecule has 0 spiro atoms. The zero-order valence-electron chi connectivity index (χ0n) is 10.4. The second-order valence-corrected chi connectivity index (χ2v) is 5.03. The molecule has 0 saturated carbocycles. The first kappa shape index (κ1) is 13.2. The average molecular weight is 309 g/mol. The molecule has 0 fully saturated rings. The molecular formula is C13H17BrN4. The summed E-state index contributed by atoms with van der Waals surface area (Å²) in [5.74, 6) is 1.05. The minimum atomic E-state index is 0.760. The van der Waals surface area contributed by atoms with Gasteiger partial charge in [-0.05, 0) is 41.0 Å². The van der Waals surface area contributed by atoms with Crippen LogP contribution in [0.4, 0.5) is 0 Å². The maximum atomic E-state index is 4.37. The van der Waals surface area contributed by atoms with Crippen molar-refractivity contribution in [2.75, 3.05) is 6.54 Å². The van der Waals surface area contributed by atoms with Gasteiger partial charge in [0.25, 0.3) is 0 Å². The van der Waals surface area contributed by atoms with Crippen LogP contribution in [0.1, 0.15) is 24.9 Å². The predicted octanol–water partition coefficient (Wildman–Crippen LogP) is 2.59. The van der Waals surface area contributed by atoms with Crippen LogP contribution in [0.3, 0.4) is 0 Å². The fourth-order valence-electron chi connectivity index (χ4n) is 1.70. The molecule has 2 aromatic heterocycles. The molecule has 2 heterocycles. The van der Waals surface area contributed by atoms with Gasteiger partial charge < -0.3 is 9.88 Å². The Labute approximate surface area is 116 Å². The predicted molar refractivity (Wildman–Crippen MR) is 75.3 cm³/mol. The van der Waals surface area contributed by atoms with E-state index in [0.29, 0.717) is 0 Å². The molecule has 0 amide bonds. The van der Waals surface area contributed by atoms with Crippen molar-refractivity contribution in [3.8, 4) is 0 Å². The Morgan fingerprint density at radius 1 is 1.33 bits per heavy atom. The van der Waals surface area contributed by atoms with Gasteiger partial charge in [0.15, 0.2) is 0 Å². The molecule has 5 heteroatoms. The van der Waals surface area contributed by atoms with Gasteiger partial charge in [-0.3, -0.25) is 4.98 Å². The maximum Gasteiger partial charge on any atom is 0.123 e. The topological polar surface area (TPSA) is 42.7 Å². The molecule has 4 nitrogen and oxygen atoms in total. The standard InChI is InChI=1S/C13H17BrN4/c1-2-5-15-9-13-16-6-7-18(13)10-12-4-3-11(14)8-17-12/h3-4,6-8,15H,2,5,9-10H2,1H3. The van der Waals surface area contributed by atoms with Gasteiger partial charge in [0.05, 0.1) is 18.8 Å². The van der Waals surface area contributed by atoms with Crippen LogP contribution in [0.25, 0.3) is 0 Å². The van der Waals surface area contributed by atoms with E-state index < -0.39 is 0 Å². The lowest BCUT2D eigenvalue weighted by Gasteiger charge is -2.08. The van der Waals surface area contributed by atoms with E-state index in [1.54, 1.807) is 0 Å². The zero-order valence-corrected chi connectivity index (χ0v) is 12.0. The summed E-state index contributed by atoms with van der Waals surface area (Å²) in [5.41, 5.74) is 1.04. The van der Waals surface area contributed by atoms with E-state index in [0.717, 1.165) is 42.0 Å². The number of rotatable bonds is 6. The summed E-state index contributed by atoms with van der Waals surface area (Å²) in [6, 6.07) is 4.03. The molecule has 0 aliphatic rings. The minimum Gasteiger partial charge on any atom is -0.328 e. The highest BCUT2D eigenvalue weighted by molar-refractivity contribution is 9.10. The van der Waals surface area contributed by atoms with Crippen molar-refractivity contribution >= 4 is 15.9 Å². The molecule has 18 heavy (non-hydrogen) atoms. The molecule has 0 aliphatic carbocycles. The van der Waals surface area contributed by atoms with Crippen LogP contribution in [0.5, 0.6) is 0 Å². The van der Waals surface area contributed by atoms with Gasteiger partial charge in [0.2, 0.25) is 0 Å². The number of hydrogen-bond acceptors (Lipinski definition) is 3. The maximum absolute atomic E-state index is 4.37. The van der Waals surface area contributed by atoms with Crippen LogP contribution in [0, 0.1) is 0 Å². The summed E-state index contributed by atoms with van der Waals surface area (Å²) < 4.78 is 3.13. The molecule has 0 atom stereocenters. The van der Waals surface area contributed by atoms with Crippen molar-refractivity contribution in [3.63, 3.8) is 0 Å². The zero-order chi connectivity index (χ0) is 12.8. The number of nitrogens with zero attached hydrogens (tertiary/aromatic N) is 3. The van der Waals surface area contributed by atoms with Crippen LogP contribution in [0.2, 0.25) is 0 Å². The van der Waals surface area contributed by atoms with Crippen molar-refractivity contribution in [1.82, 2.24) is 19.9 Å². The molecule has 96 valence electrons. The van der Waals surface area contributed by atoms with Gasteiger partial charge in [0, 0.05) is 23.1 Å². The highest BCUT2D eigenvalue weighted by Gasteiger charge is 2.03. The molecule has 0 saturated heterocycles. The van der Waals surface area contributed by atoms with E-state index in [9.17, 15) is 0 Å². The number of pyridine rings is 1. The average Bonchev–Trinajstić information content (AvgIpc) is 2.80. The van der Waals surface area contributed by atoms with E-state index in [1.807, 2.05) is 30.7 Å². The van der Waals surface area contributed by atoms with E-state index in [-0.39, 0.29) is 0 Å². The molecule has 2 rings (SSSR count). The van der Waals surface area contributed by atoms with Crippen LogP contribution in [-0.4, -0.2) is 21.1 Å². The minimum absolute atomic E-state index is 0.760. The first-order valence-corrected chi connectivity index (χ1v) is 6.90. The van der Waals surface area contributed by atoms with Crippen molar-refractivity contribution in [2.45, 2.75) is 26.4 Å². The third-order valence-electron chi connectivity index (χ3n) is 2.63. The molecule has 0 radical (unpaired) electrons. The molecule has 0 unspecified atom stereocenters. The summed E-state index contributed by atoms with van der Waals surface area (Å²) in [5, 5.41) is 3.36. The molecule has 1 N–H and O–H groups in total. The first-order chi connectivity index (χ1) is 8.79. The fraction of sp³-hybridized carbons (Fsp3) is 0.385. The van der Waals surface area contributed by atoms with Gasteiger partial charge in [-0.2, -0.15) is 0 Å². The Hall–Kier alpha value is -1.20. The van der Waals surface area contributed by atoms with Crippen LogP contribution in [0.15, 0.2) is 35.2 Å². The third kappa shape index (κ3) is 3.65. The fourth-order valence-corrected chi connectivity index (χ4v) is 1.94. The van der Waals surface area contributed by atoms with E-state index in [2.05, 4.69) is 42.7 Å². The Kier molecular flexibility index (Phi) is 4.90. The summed E-state index contributed by atoms with van der Waals surface area (Å²) in [6.45, 7) is 4.74. The number of halogens is 1. The Morgan fingerprint density at radius 3 is 2.94 bits per heavy atom. The summed E-state index contributed by atoms with van der Waals surface area (Å²) in [6.07, 6.45) is 6.78. The Morgan fingerprint density at radius 2 is 2.22 bits per heavy atom. The van der Waals surface area contributed by atoms with E-state index in [4.69, 9.17) is 0 Å². The second-order valence-electron chi connectivity index (χ2n) is 4.12. The van der Waals surface area contributed by atoms with E-state index in [1.165, 1.54) is 0 Å². The smallest absolute Gasteiger partial charge is 0.123 e. The summed E-state index contributed by atoms with van der Waals surface area (Å²) in [4.78, 5) is 8.74. The molecule has 0 bridgehead atoms.